The number of rotatable bonds is 8. The Bertz CT molecular complexity index is 1570. The van der Waals surface area contributed by atoms with E-state index in [1.807, 2.05) is 0 Å². The van der Waals surface area contributed by atoms with Crippen LogP contribution in [0.15, 0.2) is 36.7 Å². The van der Waals surface area contributed by atoms with Gasteiger partial charge in [0.05, 0.1) is 35.5 Å². The zero-order valence-electron chi connectivity index (χ0n) is 31.4. The summed E-state index contributed by atoms with van der Waals surface area (Å²) in [7, 11) is 0. The monoisotopic (exact) mass is 729 g/mol. The van der Waals surface area contributed by atoms with Crippen LogP contribution in [-0.2, 0) is 52.4 Å². The highest BCUT2D eigenvalue weighted by atomic mass is 16.6. The van der Waals surface area contributed by atoms with E-state index in [1.165, 1.54) is 31.5 Å². The number of Topliss-reactive ketones (excluding diaryl/α,β-unsaturated/α-hetero) is 1. The van der Waals surface area contributed by atoms with Crippen LogP contribution in [0.25, 0.3) is 0 Å². The number of aromatic nitrogens is 1. The van der Waals surface area contributed by atoms with Crippen LogP contribution in [0, 0.1) is 35.0 Å². The van der Waals surface area contributed by atoms with Crippen LogP contribution in [0.3, 0.4) is 0 Å². The molecule has 1 saturated heterocycles. The summed E-state index contributed by atoms with van der Waals surface area (Å²) < 4.78 is 36.2. The van der Waals surface area contributed by atoms with E-state index >= 15 is 0 Å². The molecule has 14 nitrogen and oxygen atoms in total. The molecule has 286 valence electrons. The van der Waals surface area contributed by atoms with E-state index < -0.39 is 119 Å². The van der Waals surface area contributed by atoms with Crippen LogP contribution >= 0.6 is 0 Å². The van der Waals surface area contributed by atoms with Gasteiger partial charge in [-0.1, -0.05) is 62.0 Å². The topological polar surface area (TPSA) is 194 Å². The third-order valence-corrected chi connectivity index (χ3v) is 10.2. The minimum Gasteiger partial charge on any atom is -0.462 e. The van der Waals surface area contributed by atoms with Crippen LogP contribution < -0.4 is 0 Å². The Morgan fingerprint density at radius 1 is 0.904 bits per heavy atom. The number of fused-ring (bicyclic) bond motifs is 2. The lowest BCUT2D eigenvalue weighted by atomic mass is 9.70. The van der Waals surface area contributed by atoms with Gasteiger partial charge >= 0.3 is 29.8 Å². The Balaban J connectivity index is 2.05. The molecule has 3 fully saturated rings. The Morgan fingerprint density at radius 3 is 2.04 bits per heavy atom. The molecule has 0 spiro atoms. The Morgan fingerprint density at radius 2 is 1.50 bits per heavy atom. The van der Waals surface area contributed by atoms with Crippen molar-refractivity contribution in [2.75, 3.05) is 0 Å². The fourth-order valence-electron chi connectivity index (χ4n) is 7.44. The Labute approximate surface area is 303 Å². The Hall–Kier alpha value is -4.17. The van der Waals surface area contributed by atoms with Crippen LogP contribution in [0.5, 0.6) is 0 Å². The molecule has 1 aromatic heterocycles. The smallest absolute Gasteiger partial charge is 0.340 e. The molecule has 2 saturated carbocycles. The van der Waals surface area contributed by atoms with Crippen molar-refractivity contribution in [3.8, 4) is 0 Å². The number of pyridine rings is 1. The molecule has 0 radical (unpaired) electrons. The number of carbonyl (C=O) groups is 6. The Kier molecular flexibility index (Phi) is 12.1. The average molecular weight is 730 g/mol. The summed E-state index contributed by atoms with van der Waals surface area (Å²) >= 11 is 0. The number of nitrogens with zero attached hydrogens (tertiary/aromatic N) is 1. The maximum absolute atomic E-state index is 14.5. The maximum atomic E-state index is 14.5. The molecule has 3 aliphatic rings. The summed E-state index contributed by atoms with van der Waals surface area (Å²) in [5, 5.41) is 12.5. The van der Waals surface area contributed by atoms with Gasteiger partial charge in [0.2, 0.25) is 0 Å². The molecule has 1 aliphatic heterocycles. The van der Waals surface area contributed by atoms with Crippen molar-refractivity contribution >= 4 is 35.6 Å². The minimum absolute atomic E-state index is 0.0664. The van der Waals surface area contributed by atoms with Gasteiger partial charge in [0.25, 0.3) is 0 Å². The molecule has 4 rings (SSSR count). The first kappa shape index (κ1) is 40.6. The zero-order valence-corrected chi connectivity index (χ0v) is 31.4. The lowest BCUT2D eigenvalue weighted by molar-refractivity contribution is -0.191. The van der Waals surface area contributed by atoms with E-state index in [9.17, 15) is 33.9 Å². The minimum atomic E-state index is -2.26. The number of hydrogen-bond acceptors (Lipinski definition) is 14. The molecule has 2 aliphatic carbocycles. The highest BCUT2D eigenvalue weighted by Crippen LogP contribution is 2.53. The number of hydrogen-bond donors (Lipinski definition) is 1. The van der Waals surface area contributed by atoms with Crippen LogP contribution in [0.1, 0.15) is 86.0 Å². The molecule has 0 bridgehead atoms. The normalized spacial score (nSPS) is 34.2. The van der Waals surface area contributed by atoms with Crippen molar-refractivity contribution < 1.29 is 62.3 Å². The molecular weight excluding hydrogens is 678 g/mol. The van der Waals surface area contributed by atoms with Crippen LogP contribution in [0.4, 0.5) is 0 Å². The highest BCUT2D eigenvalue weighted by molar-refractivity contribution is 5.91. The molecule has 52 heavy (non-hydrogen) atoms. The fraction of sp³-hybridized carbons (Fsp3) is 0.658. The fourth-order valence-corrected chi connectivity index (χ4v) is 7.44. The molecule has 0 unspecified atom stereocenters. The zero-order chi connectivity index (χ0) is 39.0. The number of epoxide rings is 1. The summed E-state index contributed by atoms with van der Waals surface area (Å²) in [6, 6.07) is 3.02. The van der Waals surface area contributed by atoms with Gasteiger partial charge in [0.1, 0.15) is 17.8 Å². The van der Waals surface area contributed by atoms with E-state index in [4.69, 9.17) is 28.4 Å². The van der Waals surface area contributed by atoms with Crippen LogP contribution in [0.2, 0.25) is 0 Å². The standard InChI is InChI=1S/C38H51NO13/c1-17(2)34(43)50-28-20(6)27(48-23(9)41)25-26(47-22(8)40)19(5)15-38(25,46)31(42)21(7)29-32(49-29)37(10,11)33(30(28)51-35(44)18(3)4)52-36(45)24-13-12-14-39-16-24/h12-14,16-19,21,25-30,32-33,46H,6,15H2,1-5,7-11H3/t19-,21+,25+,26-,27-,28-,29-,30+,32-,33+,38-/m0/s1. The second kappa shape index (κ2) is 15.4. The van der Waals surface area contributed by atoms with Gasteiger partial charge in [0, 0.05) is 43.1 Å². The van der Waals surface area contributed by atoms with E-state index in [0.717, 1.165) is 6.92 Å². The van der Waals surface area contributed by atoms with E-state index in [1.54, 1.807) is 55.4 Å². The molecule has 1 N–H and O–H groups in total. The van der Waals surface area contributed by atoms with E-state index in [2.05, 4.69) is 11.6 Å². The van der Waals surface area contributed by atoms with Gasteiger partial charge < -0.3 is 33.5 Å². The molecule has 0 amide bonds. The lowest BCUT2D eigenvalue weighted by Gasteiger charge is -2.44. The largest absolute Gasteiger partial charge is 0.462 e. The average Bonchev–Trinajstić information content (AvgIpc) is 3.84. The predicted octanol–water partition coefficient (Wildman–Crippen LogP) is 3.56. The number of ether oxygens (including phenoxy) is 6. The van der Waals surface area contributed by atoms with E-state index in [0.29, 0.717) is 0 Å². The summed E-state index contributed by atoms with van der Waals surface area (Å²) in [6.45, 7) is 19.4. The second-order valence-corrected chi connectivity index (χ2v) is 15.4. The van der Waals surface area contributed by atoms with Crippen molar-refractivity contribution in [1.82, 2.24) is 4.98 Å². The number of aliphatic hydroxyl groups is 1. The molecule has 14 heteroatoms. The summed E-state index contributed by atoms with van der Waals surface area (Å²) in [4.78, 5) is 84.7. The van der Waals surface area contributed by atoms with Crippen LogP contribution in [-0.4, -0.2) is 94.0 Å². The predicted molar refractivity (Wildman–Crippen MR) is 182 cm³/mol. The number of esters is 5. The first-order valence-corrected chi connectivity index (χ1v) is 17.6. The van der Waals surface area contributed by atoms with Crippen molar-refractivity contribution in [3.05, 3.63) is 42.2 Å². The molecule has 1 aromatic rings. The van der Waals surface area contributed by atoms with Gasteiger partial charge in [-0.05, 0) is 24.5 Å². The first-order valence-electron chi connectivity index (χ1n) is 17.6. The third-order valence-electron chi connectivity index (χ3n) is 10.2. The molecule has 0 aromatic carbocycles. The first-order chi connectivity index (χ1) is 24.1. The third kappa shape index (κ3) is 8.07. The second-order valence-electron chi connectivity index (χ2n) is 15.4. The van der Waals surface area contributed by atoms with Gasteiger partial charge in [0.15, 0.2) is 24.1 Å². The van der Waals surface area contributed by atoms with E-state index in [-0.39, 0.29) is 17.6 Å². The summed E-state index contributed by atoms with van der Waals surface area (Å²) in [5.74, 6) is -9.12. The van der Waals surface area contributed by atoms with Crippen molar-refractivity contribution in [2.24, 2.45) is 35.0 Å². The van der Waals surface area contributed by atoms with Gasteiger partial charge in [-0.3, -0.25) is 29.0 Å². The number of ketones is 1. The SMILES string of the molecule is C=C1[C@H](OC(=O)C(C)C)[C@@H](OC(=O)C(C)C)[C@@H](OC(=O)c2cccnc2)C(C)(C)[C@H]2O[C@H]2[C@@H](C)C(=O)[C@]2(O)C[C@H](C)[C@H](OC(C)=O)[C@@H]2[C@H]1OC(C)=O. The number of carbonyl (C=O) groups excluding carboxylic acids is 6. The summed E-state index contributed by atoms with van der Waals surface area (Å²) in [5.41, 5.74) is -3.68. The maximum Gasteiger partial charge on any atom is 0.340 e. The van der Waals surface area contributed by atoms with Gasteiger partial charge in [-0.25, -0.2) is 4.79 Å². The van der Waals surface area contributed by atoms with Gasteiger partial charge in [-0.15, -0.1) is 0 Å². The summed E-state index contributed by atoms with van der Waals surface area (Å²) in [6.07, 6.45) is -6.70. The quantitative estimate of drug-likeness (QED) is 0.177. The molecule has 11 atom stereocenters. The highest BCUT2D eigenvalue weighted by Gasteiger charge is 2.68. The van der Waals surface area contributed by atoms with Gasteiger partial charge in [-0.2, -0.15) is 0 Å². The van der Waals surface area contributed by atoms with Crippen molar-refractivity contribution in [1.29, 1.82) is 0 Å². The molecule has 2 heterocycles. The van der Waals surface area contributed by atoms with Crippen molar-refractivity contribution in [3.63, 3.8) is 0 Å². The van der Waals surface area contributed by atoms with Crippen molar-refractivity contribution in [2.45, 2.75) is 124 Å². The molecular formula is C38H51NO13. The lowest BCUT2D eigenvalue weighted by Crippen LogP contribution is -2.60.